The van der Waals surface area contributed by atoms with E-state index in [9.17, 15) is 10.2 Å². The largest absolute Gasteiger partial charge is 0.394 e. The second-order valence-corrected chi connectivity index (χ2v) is 2.80. The number of ether oxygens (including phenoxy) is 1. The van der Waals surface area contributed by atoms with Crippen molar-refractivity contribution in [2.45, 2.75) is 24.1 Å². The first kappa shape index (κ1) is 9.85. The van der Waals surface area contributed by atoms with Gasteiger partial charge in [-0.2, -0.15) is 0 Å². The Bertz CT molecular complexity index is 162. The van der Waals surface area contributed by atoms with Crippen molar-refractivity contribution in [3.05, 3.63) is 0 Å². The highest BCUT2D eigenvalue weighted by atomic mass is 16.7. The van der Waals surface area contributed by atoms with E-state index < -0.39 is 37.3 Å². The van der Waals surface area contributed by atoms with Gasteiger partial charge in [0.2, 0.25) is 0 Å². The monoisotopic (exact) mass is 180 g/mol. The van der Waals surface area contributed by atoms with Crippen LogP contribution in [0.3, 0.4) is 0 Å². The summed E-state index contributed by atoms with van der Waals surface area (Å²) in [5.74, 6) is 0. The summed E-state index contributed by atoms with van der Waals surface area (Å²) in [6, 6.07) is 0. The van der Waals surface area contributed by atoms with Crippen molar-refractivity contribution < 1.29 is 30.3 Å². The second kappa shape index (κ2) is 3.25. The van der Waals surface area contributed by atoms with E-state index >= 15 is 0 Å². The summed E-state index contributed by atoms with van der Waals surface area (Å²) in [6.07, 6.45) is -4.21. The Morgan fingerprint density at radius 3 is 2.08 bits per heavy atom. The van der Waals surface area contributed by atoms with Crippen LogP contribution in [-0.4, -0.2) is 62.8 Å². The van der Waals surface area contributed by atoms with E-state index in [1.54, 1.807) is 0 Å². The zero-order valence-electron chi connectivity index (χ0n) is 6.29. The fourth-order valence-electron chi connectivity index (χ4n) is 1.14. The highest BCUT2D eigenvalue weighted by molar-refractivity contribution is 4.98. The average Bonchev–Trinajstić information content (AvgIpc) is 2.30. The molecule has 0 aromatic rings. The van der Waals surface area contributed by atoms with Gasteiger partial charge in [0.05, 0.1) is 13.2 Å². The molecule has 1 rings (SSSR count). The van der Waals surface area contributed by atoms with Gasteiger partial charge in [0.25, 0.3) is 0 Å². The van der Waals surface area contributed by atoms with E-state index in [2.05, 4.69) is 4.74 Å². The SMILES string of the molecule is OCC1OC(O)C(O)(CO)C1O. The van der Waals surface area contributed by atoms with Crippen molar-refractivity contribution in [1.82, 2.24) is 0 Å². The minimum absolute atomic E-state index is 0.527. The minimum atomic E-state index is -2.09. The predicted octanol–water partition coefficient (Wildman–Crippen LogP) is -3.22. The first-order valence-corrected chi connectivity index (χ1v) is 3.52. The van der Waals surface area contributed by atoms with Gasteiger partial charge in [-0.1, -0.05) is 0 Å². The zero-order chi connectivity index (χ0) is 9.35. The molecule has 1 aliphatic heterocycles. The molecule has 4 unspecified atom stereocenters. The Morgan fingerprint density at radius 2 is 1.83 bits per heavy atom. The number of hydrogen-bond acceptors (Lipinski definition) is 6. The summed E-state index contributed by atoms with van der Waals surface area (Å²) >= 11 is 0. The van der Waals surface area contributed by atoms with E-state index in [0.29, 0.717) is 0 Å². The van der Waals surface area contributed by atoms with E-state index in [-0.39, 0.29) is 0 Å². The van der Waals surface area contributed by atoms with E-state index in [1.165, 1.54) is 0 Å². The molecule has 12 heavy (non-hydrogen) atoms. The van der Waals surface area contributed by atoms with Crippen LogP contribution in [0.5, 0.6) is 0 Å². The highest BCUT2D eigenvalue weighted by Gasteiger charge is 2.54. The summed E-state index contributed by atoms with van der Waals surface area (Å²) < 4.78 is 4.57. The topological polar surface area (TPSA) is 110 Å². The molecule has 0 aliphatic carbocycles. The lowest BCUT2D eigenvalue weighted by molar-refractivity contribution is -0.191. The molecule has 72 valence electrons. The van der Waals surface area contributed by atoms with Crippen LogP contribution in [0.25, 0.3) is 0 Å². The Kier molecular flexibility index (Phi) is 2.67. The lowest BCUT2D eigenvalue weighted by atomic mass is 9.97. The summed E-state index contributed by atoms with van der Waals surface area (Å²) in [4.78, 5) is 0. The van der Waals surface area contributed by atoms with Crippen molar-refractivity contribution in [2.24, 2.45) is 0 Å². The maximum absolute atomic E-state index is 9.35. The maximum atomic E-state index is 9.35. The summed E-state index contributed by atoms with van der Waals surface area (Å²) in [5.41, 5.74) is -2.09. The van der Waals surface area contributed by atoms with Crippen molar-refractivity contribution >= 4 is 0 Å². The molecule has 0 spiro atoms. The van der Waals surface area contributed by atoms with Gasteiger partial charge < -0.3 is 30.3 Å². The van der Waals surface area contributed by atoms with Gasteiger partial charge in [0.1, 0.15) is 12.2 Å². The van der Waals surface area contributed by atoms with Crippen molar-refractivity contribution in [1.29, 1.82) is 0 Å². The van der Waals surface area contributed by atoms with E-state index in [0.717, 1.165) is 0 Å². The first-order chi connectivity index (χ1) is 5.56. The molecule has 1 aliphatic rings. The fraction of sp³-hybridized carbons (Fsp3) is 1.00. The Balaban J connectivity index is 2.76. The van der Waals surface area contributed by atoms with Crippen molar-refractivity contribution in [3.63, 3.8) is 0 Å². The molecule has 6 nitrogen and oxygen atoms in total. The second-order valence-electron chi connectivity index (χ2n) is 2.80. The standard InChI is InChI=1S/C6H12O6/c7-1-3-4(9)6(11,2-8)5(10)12-3/h3-5,7-11H,1-2H2. The van der Waals surface area contributed by atoms with Gasteiger partial charge in [-0.3, -0.25) is 0 Å². The summed E-state index contributed by atoms with van der Waals surface area (Å²) in [5, 5.41) is 44.8. The lowest BCUT2D eigenvalue weighted by Gasteiger charge is -2.25. The molecular formula is C6H12O6. The predicted molar refractivity (Wildman–Crippen MR) is 36.0 cm³/mol. The van der Waals surface area contributed by atoms with Crippen LogP contribution in [0, 0.1) is 0 Å². The molecule has 0 bridgehead atoms. The van der Waals surface area contributed by atoms with Crippen LogP contribution in [-0.2, 0) is 4.74 Å². The molecule has 6 heteroatoms. The third-order valence-corrected chi connectivity index (χ3v) is 2.03. The normalized spacial score (nSPS) is 48.2. The summed E-state index contributed by atoms with van der Waals surface area (Å²) in [6.45, 7) is -1.35. The Hall–Kier alpha value is -0.240. The van der Waals surface area contributed by atoms with Crippen molar-refractivity contribution in [3.8, 4) is 0 Å². The van der Waals surface area contributed by atoms with Crippen LogP contribution < -0.4 is 0 Å². The smallest absolute Gasteiger partial charge is 0.189 e. The fourth-order valence-corrected chi connectivity index (χ4v) is 1.14. The quantitative estimate of drug-likeness (QED) is 0.306. The molecule has 1 fully saturated rings. The van der Waals surface area contributed by atoms with Crippen LogP contribution in [0.1, 0.15) is 0 Å². The molecule has 0 aromatic carbocycles. The molecule has 4 atom stereocenters. The van der Waals surface area contributed by atoms with Crippen LogP contribution in [0.4, 0.5) is 0 Å². The molecule has 0 saturated carbocycles. The van der Waals surface area contributed by atoms with Gasteiger partial charge in [-0.25, -0.2) is 0 Å². The van der Waals surface area contributed by atoms with Crippen LogP contribution in [0.15, 0.2) is 0 Å². The molecular weight excluding hydrogens is 168 g/mol. The number of aliphatic hydroxyl groups excluding tert-OH is 4. The number of hydrogen-bond donors (Lipinski definition) is 5. The maximum Gasteiger partial charge on any atom is 0.189 e. The first-order valence-electron chi connectivity index (χ1n) is 3.52. The van der Waals surface area contributed by atoms with Crippen LogP contribution >= 0.6 is 0 Å². The molecule has 5 N–H and O–H groups in total. The highest BCUT2D eigenvalue weighted by Crippen LogP contribution is 2.28. The number of rotatable bonds is 2. The van der Waals surface area contributed by atoms with Gasteiger partial charge >= 0.3 is 0 Å². The molecule has 1 heterocycles. The van der Waals surface area contributed by atoms with Crippen molar-refractivity contribution in [2.75, 3.05) is 13.2 Å². The molecule has 0 radical (unpaired) electrons. The van der Waals surface area contributed by atoms with Gasteiger partial charge in [0, 0.05) is 0 Å². The third-order valence-electron chi connectivity index (χ3n) is 2.03. The van der Waals surface area contributed by atoms with E-state index in [4.69, 9.17) is 15.3 Å². The van der Waals surface area contributed by atoms with Gasteiger partial charge in [-0.05, 0) is 0 Å². The lowest BCUT2D eigenvalue weighted by Crippen LogP contribution is -2.51. The molecule has 0 amide bonds. The van der Waals surface area contributed by atoms with Gasteiger partial charge in [-0.15, -0.1) is 0 Å². The third kappa shape index (κ3) is 1.22. The summed E-state index contributed by atoms with van der Waals surface area (Å²) in [7, 11) is 0. The van der Waals surface area contributed by atoms with E-state index in [1.807, 2.05) is 0 Å². The van der Waals surface area contributed by atoms with Crippen LogP contribution in [0.2, 0.25) is 0 Å². The number of aliphatic hydroxyl groups is 5. The molecule has 0 aromatic heterocycles. The Labute approximate surface area is 68.6 Å². The Morgan fingerprint density at radius 1 is 1.25 bits per heavy atom. The zero-order valence-corrected chi connectivity index (χ0v) is 6.29. The minimum Gasteiger partial charge on any atom is -0.394 e. The average molecular weight is 180 g/mol. The molecule has 1 saturated heterocycles. The van der Waals surface area contributed by atoms with Gasteiger partial charge in [0.15, 0.2) is 11.9 Å².